The van der Waals surface area contributed by atoms with Crippen molar-refractivity contribution in [2.75, 3.05) is 45.9 Å². The maximum Gasteiger partial charge on any atom is 0.409 e. The summed E-state index contributed by atoms with van der Waals surface area (Å²) < 4.78 is 5.15. The molecule has 1 aromatic rings. The predicted octanol–water partition coefficient (Wildman–Crippen LogP) is 9.32. The third kappa shape index (κ3) is 6.49. The number of nitrogens with one attached hydrogen (secondary N) is 1. The van der Waals surface area contributed by atoms with Crippen LogP contribution in [0.25, 0.3) is 5.57 Å². The zero-order chi connectivity index (χ0) is 39.6. The van der Waals surface area contributed by atoms with E-state index in [0.29, 0.717) is 80.9 Å². The van der Waals surface area contributed by atoms with E-state index < -0.39 is 5.97 Å². The number of hydrogen-bond acceptors (Lipinski definition) is 5. The highest BCUT2D eigenvalue weighted by Crippen LogP contribution is 2.77. The van der Waals surface area contributed by atoms with Gasteiger partial charge in [0.15, 0.2) is 0 Å². The molecule has 9 atom stereocenters. The minimum atomic E-state index is -0.873. The van der Waals surface area contributed by atoms with E-state index in [2.05, 4.69) is 59.5 Å². The Labute approximate surface area is 330 Å². The molecule has 0 unspecified atom stereocenters. The van der Waals surface area contributed by atoms with Crippen LogP contribution in [0.3, 0.4) is 0 Å². The Morgan fingerprint density at radius 3 is 2.22 bits per heavy atom. The van der Waals surface area contributed by atoms with Crippen LogP contribution in [0, 0.1) is 56.7 Å². The van der Waals surface area contributed by atoms with Crippen LogP contribution in [-0.4, -0.2) is 78.8 Å². The number of allylic oxidation sites excluding steroid dienone is 3. The van der Waals surface area contributed by atoms with Crippen LogP contribution in [0.2, 0.25) is 0 Å². The first-order valence-corrected chi connectivity index (χ1v) is 21.6. The van der Waals surface area contributed by atoms with Gasteiger partial charge in [0.2, 0.25) is 5.91 Å². The van der Waals surface area contributed by atoms with Crippen molar-refractivity contribution in [3.05, 3.63) is 53.6 Å². The average Bonchev–Trinajstić information content (AvgIpc) is 3.54. The number of carboxylic acid groups (broad SMARTS) is 1. The van der Waals surface area contributed by atoms with Crippen molar-refractivity contribution in [1.82, 2.24) is 15.1 Å². The quantitative estimate of drug-likeness (QED) is 0.193. The molecule has 55 heavy (non-hydrogen) atoms. The summed E-state index contributed by atoms with van der Waals surface area (Å²) in [4.78, 5) is 40.6. The molecule has 0 bridgehead atoms. The topological polar surface area (TPSA) is 99.2 Å². The highest BCUT2D eigenvalue weighted by atomic mass is 16.6. The van der Waals surface area contributed by atoms with Gasteiger partial charge in [0.1, 0.15) is 0 Å². The lowest BCUT2D eigenvalue weighted by Crippen LogP contribution is -2.65. The minimum absolute atomic E-state index is 0.000912. The summed E-state index contributed by atoms with van der Waals surface area (Å²) in [6.45, 7) is 25.9. The van der Waals surface area contributed by atoms with E-state index >= 15 is 0 Å². The number of amides is 2. The standard InChI is InChI=1S/C47H69N3O5/c1-9-55-42(54)50-28-26-49(27-29-50)39(51)19-25-48-30-47-22-16-34(31(2)3)40(47)36-14-15-38-44(6)20-17-35(32-10-12-33(13-11-32)41(52)53)43(4,5)37(44)18-21-46(38,8)45(36,7)23-24-47/h10-13,17,34,36-38,40,48H,2,9,14-16,18-30H2,1,3-8H3,(H,52,53)/t34-,36+,37-,38+,40+,44-,45+,46+,47+/m0/s1. The number of benzene rings is 1. The first kappa shape index (κ1) is 40.1. The first-order valence-electron chi connectivity index (χ1n) is 21.6. The summed E-state index contributed by atoms with van der Waals surface area (Å²) in [5.74, 6) is 2.38. The third-order valence-electron chi connectivity index (χ3n) is 17.4. The largest absolute Gasteiger partial charge is 0.478 e. The van der Waals surface area contributed by atoms with Crippen molar-refractivity contribution >= 4 is 23.5 Å². The Balaban J connectivity index is 1.06. The SMILES string of the molecule is C=C(C)[C@@H]1CC[C@]2(CNCCC(=O)N3CCN(C(=O)OCC)CC3)CC[C@]3(C)[C@H](CC[C@@H]4[C@@]5(C)CC=C(c6ccc(C(=O)O)cc6)C(C)(C)[C@@H]5CC[C@]43C)[C@@H]12. The second-order valence-corrected chi connectivity index (χ2v) is 20.0. The minimum Gasteiger partial charge on any atom is -0.478 e. The van der Waals surface area contributed by atoms with Gasteiger partial charge in [0, 0.05) is 45.7 Å². The number of fused-ring (bicyclic) bond motifs is 7. The van der Waals surface area contributed by atoms with E-state index in [9.17, 15) is 19.5 Å². The predicted molar refractivity (Wildman–Crippen MR) is 218 cm³/mol. The van der Waals surface area contributed by atoms with Crippen molar-refractivity contribution in [1.29, 1.82) is 0 Å². The number of carbonyl (C=O) groups is 3. The summed E-state index contributed by atoms with van der Waals surface area (Å²) in [5.41, 5.74) is 5.25. The fourth-order valence-corrected chi connectivity index (χ4v) is 14.5. The molecular weight excluding hydrogens is 687 g/mol. The van der Waals surface area contributed by atoms with Crippen LogP contribution in [0.4, 0.5) is 4.79 Å². The van der Waals surface area contributed by atoms with Gasteiger partial charge in [-0.25, -0.2) is 9.59 Å². The second-order valence-electron chi connectivity index (χ2n) is 20.0. The van der Waals surface area contributed by atoms with Crippen LogP contribution in [-0.2, 0) is 9.53 Å². The van der Waals surface area contributed by atoms with Gasteiger partial charge in [-0.05, 0) is 152 Å². The van der Waals surface area contributed by atoms with Gasteiger partial charge in [0.25, 0.3) is 0 Å². The molecule has 0 radical (unpaired) electrons. The lowest BCUT2D eigenvalue weighted by atomic mass is 9.32. The molecule has 0 spiro atoms. The molecule has 4 saturated carbocycles. The molecule has 5 fully saturated rings. The zero-order valence-corrected chi connectivity index (χ0v) is 35.0. The highest BCUT2D eigenvalue weighted by Gasteiger charge is 2.70. The molecule has 2 N–H and O–H groups in total. The zero-order valence-electron chi connectivity index (χ0n) is 35.0. The normalized spacial score (nSPS) is 37.8. The average molecular weight is 756 g/mol. The van der Waals surface area contributed by atoms with E-state index in [4.69, 9.17) is 4.74 Å². The molecule has 1 aromatic carbocycles. The van der Waals surface area contributed by atoms with Crippen molar-refractivity contribution < 1.29 is 24.2 Å². The molecule has 302 valence electrons. The molecule has 6 aliphatic rings. The molecule has 0 aromatic heterocycles. The molecule has 7 rings (SSSR count). The van der Waals surface area contributed by atoms with Crippen LogP contribution >= 0.6 is 0 Å². The van der Waals surface area contributed by atoms with Crippen LogP contribution in [0.5, 0.6) is 0 Å². The van der Waals surface area contributed by atoms with Gasteiger partial charge >= 0.3 is 12.1 Å². The molecule has 1 aliphatic heterocycles. The number of nitrogens with zero attached hydrogens (tertiary/aromatic N) is 2. The van der Waals surface area contributed by atoms with E-state index in [1.54, 1.807) is 17.0 Å². The summed E-state index contributed by atoms with van der Waals surface area (Å²) in [7, 11) is 0. The third-order valence-corrected chi connectivity index (χ3v) is 17.4. The molecule has 8 nitrogen and oxygen atoms in total. The van der Waals surface area contributed by atoms with Gasteiger partial charge in [0.05, 0.1) is 12.2 Å². The lowest BCUT2D eigenvalue weighted by molar-refractivity contribution is -0.225. The summed E-state index contributed by atoms with van der Waals surface area (Å²) in [6.07, 6.45) is 13.9. The molecule has 2 amide bonds. The van der Waals surface area contributed by atoms with Gasteiger partial charge in [-0.1, -0.05) is 65.0 Å². The maximum atomic E-state index is 13.2. The molecule has 8 heteroatoms. The Morgan fingerprint density at radius 2 is 1.56 bits per heavy atom. The summed E-state index contributed by atoms with van der Waals surface area (Å²) >= 11 is 0. The smallest absolute Gasteiger partial charge is 0.409 e. The maximum absolute atomic E-state index is 13.2. The fraction of sp³-hybridized carbons (Fsp3) is 0.723. The number of rotatable bonds is 9. The number of hydrogen-bond donors (Lipinski definition) is 2. The summed E-state index contributed by atoms with van der Waals surface area (Å²) in [6, 6.07) is 7.58. The van der Waals surface area contributed by atoms with Crippen LogP contribution in [0.1, 0.15) is 129 Å². The van der Waals surface area contributed by atoms with Gasteiger partial charge in [-0.2, -0.15) is 0 Å². The van der Waals surface area contributed by atoms with Crippen molar-refractivity contribution in [3.63, 3.8) is 0 Å². The summed E-state index contributed by atoms with van der Waals surface area (Å²) in [5, 5.41) is 13.4. The van der Waals surface area contributed by atoms with Crippen molar-refractivity contribution in [3.8, 4) is 0 Å². The lowest BCUT2D eigenvalue weighted by Gasteiger charge is -2.72. The van der Waals surface area contributed by atoms with Crippen LogP contribution < -0.4 is 5.32 Å². The van der Waals surface area contributed by atoms with E-state index in [1.807, 2.05) is 24.0 Å². The monoisotopic (exact) mass is 756 g/mol. The highest BCUT2D eigenvalue weighted by molar-refractivity contribution is 5.88. The fourth-order valence-electron chi connectivity index (χ4n) is 14.5. The molecule has 5 aliphatic carbocycles. The number of piperazine rings is 1. The van der Waals surface area contributed by atoms with Gasteiger partial charge in [-0.3, -0.25) is 4.79 Å². The Bertz CT molecular complexity index is 1690. The second kappa shape index (κ2) is 14.7. The van der Waals surface area contributed by atoms with E-state index in [0.717, 1.165) is 13.0 Å². The van der Waals surface area contributed by atoms with Crippen molar-refractivity contribution in [2.45, 2.75) is 113 Å². The van der Waals surface area contributed by atoms with Crippen LogP contribution in [0.15, 0.2) is 42.5 Å². The molecule has 1 heterocycles. The van der Waals surface area contributed by atoms with Gasteiger partial charge < -0.3 is 25.0 Å². The first-order chi connectivity index (χ1) is 26.0. The number of carboxylic acids is 1. The van der Waals surface area contributed by atoms with E-state index in [1.165, 1.54) is 68.1 Å². The number of carbonyl (C=O) groups excluding carboxylic acids is 2. The van der Waals surface area contributed by atoms with Crippen molar-refractivity contribution in [2.24, 2.45) is 56.7 Å². The van der Waals surface area contributed by atoms with Gasteiger partial charge in [-0.15, -0.1) is 0 Å². The Kier molecular flexibility index (Phi) is 10.7. The molecular formula is C47H69N3O5. The number of ether oxygens (including phenoxy) is 1. The van der Waals surface area contributed by atoms with E-state index in [-0.39, 0.29) is 39.1 Å². The molecule has 1 saturated heterocycles. The number of aromatic carboxylic acids is 1. The Morgan fingerprint density at radius 1 is 0.873 bits per heavy atom. The Hall–Kier alpha value is -3.13.